The van der Waals surface area contributed by atoms with E-state index in [-0.39, 0.29) is 11.8 Å². The van der Waals surface area contributed by atoms with Gasteiger partial charge in [-0.15, -0.1) is 0 Å². The number of para-hydroxylation sites is 2. The second-order valence-corrected chi connectivity index (χ2v) is 6.35. The average molecular weight is 315 g/mol. The van der Waals surface area contributed by atoms with Crippen LogP contribution in [0.3, 0.4) is 0 Å². The van der Waals surface area contributed by atoms with E-state index in [9.17, 15) is 4.79 Å². The van der Waals surface area contributed by atoms with Gasteiger partial charge in [0.05, 0.1) is 0 Å². The topological polar surface area (TPSA) is 60.7 Å². The summed E-state index contributed by atoms with van der Waals surface area (Å²) in [4.78, 5) is 19.2. The predicted octanol–water partition coefficient (Wildman–Crippen LogP) is 3.91. The van der Waals surface area contributed by atoms with Gasteiger partial charge in [-0.05, 0) is 29.7 Å². The molecular weight excluding hydrogens is 298 g/mol. The maximum Gasteiger partial charge on any atom is 0.268 e. The summed E-state index contributed by atoms with van der Waals surface area (Å²) in [5.41, 5.74) is 5.23. The molecule has 1 aliphatic rings. The molecule has 4 aromatic rings. The van der Waals surface area contributed by atoms with Gasteiger partial charge in [0.1, 0.15) is 5.69 Å². The molecule has 4 heteroatoms. The Labute approximate surface area is 138 Å². The number of amides is 1. The van der Waals surface area contributed by atoms with Crippen LogP contribution in [0.15, 0.2) is 54.7 Å². The van der Waals surface area contributed by atoms with Crippen molar-refractivity contribution in [1.29, 1.82) is 0 Å². The molecule has 1 atom stereocenters. The van der Waals surface area contributed by atoms with Crippen LogP contribution in [0, 0.1) is 0 Å². The highest BCUT2D eigenvalue weighted by Gasteiger charge is 2.29. The predicted molar refractivity (Wildman–Crippen MR) is 95.4 cm³/mol. The van der Waals surface area contributed by atoms with Crippen molar-refractivity contribution in [3.63, 3.8) is 0 Å². The highest BCUT2D eigenvalue weighted by Crippen LogP contribution is 2.39. The quantitative estimate of drug-likeness (QED) is 0.490. The molecule has 0 fully saturated rings. The van der Waals surface area contributed by atoms with Crippen LogP contribution >= 0.6 is 0 Å². The number of H-pyrrole nitrogens is 2. The lowest BCUT2D eigenvalue weighted by molar-refractivity contribution is 0.0952. The number of rotatable bonds is 1. The number of aromatic amines is 2. The molecular formula is C20H17N3O. The van der Waals surface area contributed by atoms with Crippen LogP contribution in [0.1, 0.15) is 34.0 Å². The van der Waals surface area contributed by atoms with Crippen molar-refractivity contribution >= 4 is 27.7 Å². The van der Waals surface area contributed by atoms with Gasteiger partial charge in [0, 0.05) is 40.5 Å². The Morgan fingerprint density at radius 2 is 1.67 bits per heavy atom. The van der Waals surface area contributed by atoms with Gasteiger partial charge in [-0.2, -0.15) is 0 Å². The summed E-state index contributed by atoms with van der Waals surface area (Å²) in [6, 6.07) is 16.5. The molecule has 0 saturated carbocycles. The number of hydrogen-bond donors (Lipinski definition) is 3. The van der Waals surface area contributed by atoms with Crippen molar-refractivity contribution in [1.82, 2.24) is 15.3 Å². The number of hydrogen-bond acceptors (Lipinski definition) is 1. The molecule has 0 radical (unpaired) electrons. The Morgan fingerprint density at radius 1 is 0.917 bits per heavy atom. The molecule has 4 nitrogen and oxygen atoms in total. The van der Waals surface area contributed by atoms with E-state index in [0.717, 1.165) is 28.4 Å². The van der Waals surface area contributed by atoms with Gasteiger partial charge in [0.15, 0.2) is 0 Å². The standard InChI is InChI=1S/C20H17N3O/c24-20-19-18(14-6-2-4-8-17(14)23-19)13(9-10-21-20)15-11-22-16-7-3-1-5-12(15)16/h1-8,11,13,22-23H,9-10H2,(H,21,24). The highest BCUT2D eigenvalue weighted by atomic mass is 16.1. The van der Waals surface area contributed by atoms with E-state index < -0.39 is 0 Å². The van der Waals surface area contributed by atoms with E-state index in [2.05, 4.69) is 45.7 Å². The monoisotopic (exact) mass is 315 g/mol. The third-order valence-corrected chi connectivity index (χ3v) is 5.04. The molecule has 2 aromatic carbocycles. The summed E-state index contributed by atoms with van der Waals surface area (Å²) in [5, 5.41) is 5.39. The lowest BCUT2D eigenvalue weighted by Gasteiger charge is -2.15. The molecule has 0 spiro atoms. The first kappa shape index (κ1) is 13.4. The summed E-state index contributed by atoms with van der Waals surface area (Å²) in [7, 11) is 0. The minimum absolute atomic E-state index is 0.0106. The number of aromatic nitrogens is 2. The molecule has 0 bridgehead atoms. The molecule has 118 valence electrons. The molecule has 1 aliphatic heterocycles. The summed E-state index contributed by atoms with van der Waals surface area (Å²) < 4.78 is 0. The van der Waals surface area contributed by atoms with Crippen molar-refractivity contribution in [2.45, 2.75) is 12.3 Å². The van der Waals surface area contributed by atoms with Gasteiger partial charge < -0.3 is 15.3 Å². The molecule has 3 N–H and O–H groups in total. The van der Waals surface area contributed by atoms with Gasteiger partial charge in [-0.3, -0.25) is 4.79 Å². The Balaban J connectivity index is 1.81. The number of benzene rings is 2. The van der Waals surface area contributed by atoms with E-state index in [1.807, 2.05) is 24.3 Å². The zero-order valence-electron chi connectivity index (χ0n) is 13.1. The minimum atomic E-state index is -0.0106. The maximum absolute atomic E-state index is 12.5. The van der Waals surface area contributed by atoms with Crippen molar-refractivity contribution in [2.75, 3.05) is 6.54 Å². The van der Waals surface area contributed by atoms with E-state index >= 15 is 0 Å². The van der Waals surface area contributed by atoms with Gasteiger partial charge in [0.2, 0.25) is 0 Å². The largest absolute Gasteiger partial charge is 0.361 e. The van der Waals surface area contributed by atoms with Crippen LogP contribution in [-0.4, -0.2) is 22.4 Å². The van der Waals surface area contributed by atoms with Crippen LogP contribution in [0.2, 0.25) is 0 Å². The second-order valence-electron chi connectivity index (χ2n) is 6.35. The summed E-state index contributed by atoms with van der Waals surface area (Å²) >= 11 is 0. The van der Waals surface area contributed by atoms with E-state index in [0.29, 0.717) is 12.2 Å². The van der Waals surface area contributed by atoms with Crippen molar-refractivity contribution < 1.29 is 4.79 Å². The summed E-state index contributed by atoms with van der Waals surface area (Å²) in [6.45, 7) is 0.680. The first-order chi connectivity index (χ1) is 11.8. The molecule has 2 aromatic heterocycles. The van der Waals surface area contributed by atoms with Gasteiger partial charge >= 0.3 is 0 Å². The van der Waals surface area contributed by atoms with E-state index in [1.165, 1.54) is 10.9 Å². The Hall–Kier alpha value is -3.01. The summed E-state index contributed by atoms with van der Waals surface area (Å²) in [5.74, 6) is 0.176. The molecule has 0 saturated heterocycles. The first-order valence-electron chi connectivity index (χ1n) is 8.28. The third-order valence-electron chi connectivity index (χ3n) is 5.04. The normalized spacial score (nSPS) is 17.7. The molecule has 0 aliphatic carbocycles. The van der Waals surface area contributed by atoms with E-state index in [4.69, 9.17) is 0 Å². The van der Waals surface area contributed by atoms with Crippen LogP contribution in [-0.2, 0) is 0 Å². The number of carbonyl (C=O) groups is 1. The SMILES string of the molecule is O=C1NCCC(c2c[nH]c3ccccc23)c2c1[nH]c1ccccc21. The van der Waals surface area contributed by atoms with Gasteiger partial charge in [-0.1, -0.05) is 36.4 Å². The van der Waals surface area contributed by atoms with Gasteiger partial charge in [0.25, 0.3) is 5.91 Å². The van der Waals surface area contributed by atoms with Crippen LogP contribution in [0.4, 0.5) is 0 Å². The average Bonchev–Trinajstić information content (AvgIpc) is 3.17. The van der Waals surface area contributed by atoms with Crippen LogP contribution in [0.5, 0.6) is 0 Å². The Morgan fingerprint density at radius 3 is 2.54 bits per heavy atom. The van der Waals surface area contributed by atoms with Crippen LogP contribution in [0.25, 0.3) is 21.8 Å². The van der Waals surface area contributed by atoms with Crippen LogP contribution < -0.4 is 5.32 Å². The zero-order valence-corrected chi connectivity index (χ0v) is 13.1. The fourth-order valence-corrected chi connectivity index (χ4v) is 3.96. The number of carbonyl (C=O) groups excluding carboxylic acids is 1. The molecule has 1 amide bonds. The van der Waals surface area contributed by atoms with Gasteiger partial charge in [-0.25, -0.2) is 0 Å². The molecule has 1 unspecified atom stereocenters. The second kappa shape index (κ2) is 4.99. The molecule has 24 heavy (non-hydrogen) atoms. The minimum Gasteiger partial charge on any atom is -0.361 e. The van der Waals surface area contributed by atoms with E-state index in [1.54, 1.807) is 0 Å². The highest BCUT2D eigenvalue weighted by molar-refractivity contribution is 6.02. The van der Waals surface area contributed by atoms with Crippen molar-refractivity contribution in [2.24, 2.45) is 0 Å². The first-order valence-corrected chi connectivity index (χ1v) is 8.28. The Kier molecular flexibility index (Phi) is 2.80. The zero-order chi connectivity index (χ0) is 16.1. The number of nitrogens with one attached hydrogen (secondary N) is 3. The number of fused-ring (bicyclic) bond motifs is 4. The smallest absolute Gasteiger partial charge is 0.268 e. The lowest BCUT2D eigenvalue weighted by atomic mass is 9.87. The maximum atomic E-state index is 12.5. The molecule has 3 heterocycles. The third kappa shape index (κ3) is 1.83. The molecule has 5 rings (SSSR count). The fraction of sp³-hybridized carbons (Fsp3) is 0.150. The lowest BCUT2D eigenvalue weighted by Crippen LogP contribution is -2.23. The Bertz CT molecular complexity index is 1070. The summed E-state index contributed by atoms with van der Waals surface area (Å²) in [6.07, 6.45) is 2.99. The van der Waals surface area contributed by atoms with Crippen molar-refractivity contribution in [3.05, 3.63) is 71.5 Å². The van der Waals surface area contributed by atoms with Crippen molar-refractivity contribution in [3.8, 4) is 0 Å². The fourth-order valence-electron chi connectivity index (χ4n) is 3.96.